The number of aromatic nitrogens is 1. The minimum absolute atomic E-state index is 0.629. The molecule has 0 saturated heterocycles. The Balaban J connectivity index is 2.49. The Morgan fingerprint density at radius 3 is 3.00 bits per heavy atom. The summed E-state index contributed by atoms with van der Waals surface area (Å²) in [4.78, 5) is 9.98. The van der Waals surface area contributed by atoms with Crippen LogP contribution in [0.15, 0.2) is 18.5 Å². The van der Waals surface area contributed by atoms with E-state index >= 15 is 0 Å². The van der Waals surface area contributed by atoms with Crippen LogP contribution in [0.2, 0.25) is 0 Å². The van der Waals surface area contributed by atoms with E-state index < -0.39 is 0 Å². The van der Waals surface area contributed by atoms with Crippen LogP contribution < -0.4 is 0 Å². The molecule has 1 aromatic rings. The molecule has 1 heterocycles. The molecule has 0 aromatic carbocycles. The molecule has 2 heteroatoms. The number of rotatable bonds is 3. The number of carbonyl (C=O) groups is 1. The van der Waals surface area contributed by atoms with Crippen molar-refractivity contribution in [3.05, 3.63) is 24.0 Å². The van der Waals surface area contributed by atoms with E-state index in [1.807, 2.05) is 30.1 Å². The lowest BCUT2D eigenvalue weighted by Crippen LogP contribution is -1.83. The van der Waals surface area contributed by atoms with E-state index in [-0.39, 0.29) is 0 Å². The van der Waals surface area contributed by atoms with E-state index in [9.17, 15) is 4.79 Å². The van der Waals surface area contributed by atoms with Crippen LogP contribution >= 0.6 is 0 Å². The molecule has 1 aromatic heterocycles. The zero-order valence-electron chi connectivity index (χ0n) is 6.08. The van der Waals surface area contributed by atoms with E-state index in [0.717, 1.165) is 12.7 Å². The molecule has 1 rings (SSSR count). The van der Waals surface area contributed by atoms with Crippen molar-refractivity contribution >= 4 is 6.29 Å². The van der Waals surface area contributed by atoms with E-state index in [2.05, 4.69) is 0 Å². The van der Waals surface area contributed by atoms with Gasteiger partial charge in [-0.05, 0) is 18.1 Å². The van der Waals surface area contributed by atoms with Gasteiger partial charge in [0.15, 0.2) is 0 Å². The third-order valence-corrected chi connectivity index (χ3v) is 1.44. The maximum Gasteiger partial charge on any atom is 0.120 e. The topological polar surface area (TPSA) is 22.0 Å². The van der Waals surface area contributed by atoms with Crippen LogP contribution in [0.1, 0.15) is 12.0 Å². The first kappa shape index (κ1) is 7.06. The molecule has 0 unspecified atom stereocenters. The molecule has 0 aliphatic rings. The second-order valence-corrected chi connectivity index (χ2v) is 2.39. The molecule has 0 bridgehead atoms. The van der Waals surface area contributed by atoms with Crippen molar-refractivity contribution in [3.63, 3.8) is 0 Å². The summed E-state index contributed by atoms with van der Waals surface area (Å²) >= 11 is 0. The minimum atomic E-state index is 0.629. The summed E-state index contributed by atoms with van der Waals surface area (Å²) in [5.41, 5.74) is 1.23. The lowest BCUT2D eigenvalue weighted by Gasteiger charge is -1.88. The lowest BCUT2D eigenvalue weighted by atomic mass is 10.2. The normalized spacial score (nSPS) is 9.70. The van der Waals surface area contributed by atoms with Gasteiger partial charge in [0.25, 0.3) is 0 Å². The fourth-order valence-electron chi connectivity index (χ4n) is 0.934. The third kappa shape index (κ3) is 1.72. The predicted molar refractivity (Wildman–Crippen MR) is 39.8 cm³/mol. The number of nitrogens with zero attached hydrogens (tertiary/aromatic N) is 1. The molecular formula is C8H11NO. The molecule has 2 nitrogen and oxygen atoms in total. The second kappa shape index (κ2) is 3.20. The van der Waals surface area contributed by atoms with Gasteiger partial charge < -0.3 is 9.36 Å². The zero-order valence-corrected chi connectivity index (χ0v) is 6.08. The van der Waals surface area contributed by atoms with Crippen molar-refractivity contribution in [3.8, 4) is 0 Å². The first-order chi connectivity index (χ1) is 4.83. The minimum Gasteiger partial charge on any atom is -0.357 e. The highest BCUT2D eigenvalue weighted by molar-refractivity contribution is 5.49. The summed E-state index contributed by atoms with van der Waals surface area (Å²) in [5.74, 6) is 0. The van der Waals surface area contributed by atoms with Crippen molar-refractivity contribution in [2.75, 3.05) is 0 Å². The van der Waals surface area contributed by atoms with E-state index in [1.54, 1.807) is 0 Å². The van der Waals surface area contributed by atoms with Gasteiger partial charge in [-0.25, -0.2) is 0 Å². The highest BCUT2D eigenvalue weighted by Gasteiger charge is 1.91. The SMILES string of the molecule is Cn1ccc(CCC=O)c1. The Hall–Kier alpha value is -1.05. The fraction of sp³-hybridized carbons (Fsp3) is 0.375. The van der Waals surface area contributed by atoms with Crippen LogP contribution in [0.25, 0.3) is 0 Å². The average molecular weight is 137 g/mol. The molecule has 0 saturated carbocycles. The maximum absolute atomic E-state index is 9.98. The molecular weight excluding hydrogens is 126 g/mol. The van der Waals surface area contributed by atoms with Gasteiger partial charge in [-0.1, -0.05) is 0 Å². The van der Waals surface area contributed by atoms with Gasteiger partial charge in [-0.2, -0.15) is 0 Å². The molecule has 0 N–H and O–H groups in total. The van der Waals surface area contributed by atoms with Crippen LogP contribution in [0.5, 0.6) is 0 Å². The van der Waals surface area contributed by atoms with E-state index in [0.29, 0.717) is 6.42 Å². The zero-order chi connectivity index (χ0) is 7.40. The van der Waals surface area contributed by atoms with Gasteiger partial charge in [-0.3, -0.25) is 0 Å². The van der Waals surface area contributed by atoms with Gasteiger partial charge in [0, 0.05) is 25.9 Å². The van der Waals surface area contributed by atoms with Crippen molar-refractivity contribution in [1.29, 1.82) is 0 Å². The number of aryl methyl sites for hydroxylation is 2. The average Bonchev–Trinajstić information content (AvgIpc) is 2.31. The van der Waals surface area contributed by atoms with E-state index in [4.69, 9.17) is 0 Å². The summed E-state index contributed by atoms with van der Waals surface area (Å²) in [6.07, 6.45) is 6.46. The summed E-state index contributed by atoms with van der Waals surface area (Å²) in [7, 11) is 1.98. The molecule has 0 atom stereocenters. The number of aldehydes is 1. The van der Waals surface area contributed by atoms with Gasteiger partial charge in [-0.15, -0.1) is 0 Å². The van der Waals surface area contributed by atoms with Crippen LogP contribution in [0.4, 0.5) is 0 Å². The van der Waals surface area contributed by atoms with E-state index in [1.165, 1.54) is 5.56 Å². The standard InChI is InChI=1S/C8H11NO/c1-9-5-4-8(7-9)3-2-6-10/h4-7H,2-3H2,1H3. The molecule has 10 heavy (non-hydrogen) atoms. The molecule has 0 fully saturated rings. The molecule has 0 radical (unpaired) electrons. The number of hydrogen-bond donors (Lipinski definition) is 0. The van der Waals surface area contributed by atoms with Gasteiger partial charge in [0.1, 0.15) is 6.29 Å². The van der Waals surface area contributed by atoms with Crippen LogP contribution in [0, 0.1) is 0 Å². The second-order valence-electron chi connectivity index (χ2n) is 2.39. The van der Waals surface area contributed by atoms with Crippen LogP contribution in [-0.4, -0.2) is 10.9 Å². The van der Waals surface area contributed by atoms with Crippen molar-refractivity contribution < 1.29 is 4.79 Å². The molecule has 54 valence electrons. The number of hydrogen-bond acceptors (Lipinski definition) is 1. The molecule has 0 aliphatic heterocycles. The Morgan fingerprint density at radius 2 is 2.50 bits per heavy atom. The first-order valence-corrected chi connectivity index (χ1v) is 3.37. The Labute approximate surface area is 60.5 Å². The molecule has 0 spiro atoms. The smallest absolute Gasteiger partial charge is 0.120 e. The Bertz CT molecular complexity index is 215. The van der Waals surface area contributed by atoms with Gasteiger partial charge in [0.2, 0.25) is 0 Å². The third-order valence-electron chi connectivity index (χ3n) is 1.44. The summed E-state index contributed by atoms with van der Waals surface area (Å²) in [6, 6.07) is 2.03. The maximum atomic E-state index is 9.98. The summed E-state index contributed by atoms with van der Waals surface area (Å²) < 4.78 is 1.99. The first-order valence-electron chi connectivity index (χ1n) is 3.37. The van der Waals surface area contributed by atoms with Crippen LogP contribution in [-0.2, 0) is 18.3 Å². The monoisotopic (exact) mass is 137 g/mol. The lowest BCUT2D eigenvalue weighted by molar-refractivity contribution is -0.107. The number of carbonyl (C=O) groups excluding carboxylic acids is 1. The predicted octanol–water partition coefficient (Wildman–Crippen LogP) is 1.16. The highest BCUT2D eigenvalue weighted by atomic mass is 16.1. The van der Waals surface area contributed by atoms with Gasteiger partial charge >= 0.3 is 0 Å². The van der Waals surface area contributed by atoms with Gasteiger partial charge in [0.05, 0.1) is 0 Å². The van der Waals surface area contributed by atoms with Crippen molar-refractivity contribution in [1.82, 2.24) is 4.57 Å². The molecule has 0 aliphatic carbocycles. The van der Waals surface area contributed by atoms with Crippen LogP contribution in [0.3, 0.4) is 0 Å². The summed E-state index contributed by atoms with van der Waals surface area (Å²) in [5, 5.41) is 0. The Kier molecular flexibility index (Phi) is 2.26. The largest absolute Gasteiger partial charge is 0.357 e. The fourth-order valence-corrected chi connectivity index (χ4v) is 0.934. The van der Waals surface area contributed by atoms with Crippen molar-refractivity contribution in [2.24, 2.45) is 7.05 Å². The highest BCUT2D eigenvalue weighted by Crippen LogP contribution is 2.01. The Morgan fingerprint density at radius 1 is 1.70 bits per heavy atom. The summed E-state index contributed by atoms with van der Waals surface area (Å²) in [6.45, 7) is 0. The quantitative estimate of drug-likeness (QED) is 0.573. The van der Waals surface area contributed by atoms with Crippen molar-refractivity contribution in [2.45, 2.75) is 12.8 Å². The molecule has 0 amide bonds.